The van der Waals surface area contributed by atoms with Crippen molar-refractivity contribution in [1.82, 2.24) is 9.97 Å². The van der Waals surface area contributed by atoms with Gasteiger partial charge in [0, 0.05) is 28.2 Å². The maximum absolute atomic E-state index is 13.6. The molecule has 0 saturated heterocycles. The number of aromatic nitrogens is 2. The number of nitrogens with zero attached hydrogens (tertiary/aromatic N) is 2. The summed E-state index contributed by atoms with van der Waals surface area (Å²) in [5.74, 6) is -0.139. The molecule has 0 bridgehead atoms. The van der Waals surface area contributed by atoms with Crippen LogP contribution in [0, 0.1) is 5.92 Å². The van der Waals surface area contributed by atoms with Crippen molar-refractivity contribution < 1.29 is 14.3 Å². The highest BCUT2D eigenvalue weighted by Crippen LogP contribution is 2.40. The van der Waals surface area contributed by atoms with Crippen LogP contribution in [0.4, 0.5) is 5.00 Å². The number of rotatable bonds is 4. The van der Waals surface area contributed by atoms with Crippen LogP contribution in [0.5, 0.6) is 0 Å². The molecule has 5 rings (SSSR count). The molecule has 4 aromatic rings. The lowest BCUT2D eigenvalue weighted by atomic mass is 9.88. The number of ether oxygens (including phenoxy) is 1. The van der Waals surface area contributed by atoms with Crippen molar-refractivity contribution in [2.45, 2.75) is 26.2 Å². The molecule has 0 radical (unpaired) electrons. The molecule has 3 aromatic heterocycles. The number of para-hydroxylation sites is 1. The van der Waals surface area contributed by atoms with Gasteiger partial charge in [-0.1, -0.05) is 25.1 Å². The quantitative estimate of drug-likeness (QED) is 0.408. The Labute approximate surface area is 195 Å². The molecule has 1 atom stereocenters. The topological polar surface area (TPSA) is 81.2 Å². The molecule has 0 fully saturated rings. The molecule has 1 N–H and O–H groups in total. The molecule has 0 unspecified atom stereocenters. The molecule has 6 nitrogen and oxygen atoms in total. The van der Waals surface area contributed by atoms with Gasteiger partial charge in [0.05, 0.1) is 29.4 Å². The van der Waals surface area contributed by atoms with Gasteiger partial charge in [-0.15, -0.1) is 11.3 Å². The molecule has 0 spiro atoms. The van der Waals surface area contributed by atoms with Crippen LogP contribution in [0.1, 0.15) is 44.5 Å². The Morgan fingerprint density at radius 1 is 1.18 bits per heavy atom. The van der Waals surface area contributed by atoms with Gasteiger partial charge in [0.15, 0.2) is 0 Å². The summed E-state index contributed by atoms with van der Waals surface area (Å²) in [6.45, 7) is 2.21. The highest BCUT2D eigenvalue weighted by Gasteiger charge is 2.29. The summed E-state index contributed by atoms with van der Waals surface area (Å²) in [5, 5.41) is 4.32. The van der Waals surface area contributed by atoms with Gasteiger partial charge in [-0.05, 0) is 55.0 Å². The van der Waals surface area contributed by atoms with E-state index in [0.717, 1.165) is 46.2 Å². The number of anilines is 1. The number of carbonyl (C=O) groups is 2. The molecule has 33 heavy (non-hydrogen) atoms. The Kier molecular flexibility index (Phi) is 5.64. The van der Waals surface area contributed by atoms with Gasteiger partial charge >= 0.3 is 5.97 Å². The molecule has 166 valence electrons. The zero-order valence-corrected chi connectivity index (χ0v) is 19.2. The van der Waals surface area contributed by atoms with Crippen molar-refractivity contribution >= 4 is 39.1 Å². The summed E-state index contributed by atoms with van der Waals surface area (Å²) in [7, 11) is 1.37. The Morgan fingerprint density at radius 3 is 2.82 bits per heavy atom. The molecule has 7 heteroatoms. The van der Waals surface area contributed by atoms with Gasteiger partial charge in [0.25, 0.3) is 5.91 Å². The molecule has 3 heterocycles. The second kappa shape index (κ2) is 8.75. The van der Waals surface area contributed by atoms with Crippen LogP contribution in [0.25, 0.3) is 22.2 Å². The van der Waals surface area contributed by atoms with Crippen LogP contribution in [0.15, 0.2) is 54.9 Å². The van der Waals surface area contributed by atoms with Crippen molar-refractivity contribution in [3.63, 3.8) is 0 Å². The van der Waals surface area contributed by atoms with Crippen molar-refractivity contribution in [2.24, 2.45) is 5.92 Å². The molecule has 1 aromatic carbocycles. The first-order valence-electron chi connectivity index (χ1n) is 10.9. The first-order valence-corrected chi connectivity index (χ1v) is 11.7. The van der Waals surface area contributed by atoms with Crippen LogP contribution in [0.3, 0.4) is 0 Å². The number of methoxy groups -OCH3 is 1. The fraction of sp³-hybridized carbons (Fsp3) is 0.231. The van der Waals surface area contributed by atoms with E-state index in [0.29, 0.717) is 27.7 Å². The van der Waals surface area contributed by atoms with E-state index < -0.39 is 5.97 Å². The van der Waals surface area contributed by atoms with E-state index in [4.69, 9.17) is 9.72 Å². The van der Waals surface area contributed by atoms with Crippen molar-refractivity contribution in [3.05, 3.63) is 76.4 Å². The van der Waals surface area contributed by atoms with Crippen molar-refractivity contribution in [3.8, 4) is 11.3 Å². The third kappa shape index (κ3) is 4.00. The van der Waals surface area contributed by atoms with Gasteiger partial charge in [0.2, 0.25) is 0 Å². The van der Waals surface area contributed by atoms with Gasteiger partial charge in [-0.2, -0.15) is 0 Å². The van der Waals surface area contributed by atoms with Crippen LogP contribution in [0.2, 0.25) is 0 Å². The summed E-state index contributed by atoms with van der Waals surface area (Å²) in [4.78, 5) is 36.2. The molecular weight excluding hydrogens is 434 g/mol. The summed E-state index contributed by atoms with van der Waals surface area (Å²) < 4.78 is 5.06. The lowest BCUT2D eigenvalue weighted by Gasteiger charge is -2.18. The smallest absolute Gasteiger partial charge is 0.341 e. The number of thiophene rings is 1. The zero-order chi connectivity index (χ0) is 22.9. The number of benzene rings is 1. The van der Waals surface area contributed by atoms with Crippen LogP contribution in [-0.4, -0.2) is 29.0 Å². The standard InChI is InChI=1S/C26H23N3O3S/c1-15-9-10-18-22(12-15)33-25(23(18)26(31)32-2)29-24(30)19-13-21(16-6-5-11-27-14-16)28-20-8-4-3-7-17(19)20/h3-8,11,13-15H,9-10,12H2,1-2H3,(H,29,30)/t15-/m0/s1. The average molecular weight is 458 g/mol. The molecule has 0 aliphatic heterocycles. The minimum atomic E-state index is -0.409. The fourth-order valence-corrected chi connectivity index (χ4v) is 5.75. The second-order valence-electron chi connectivity index (χ2n) is 8.32. The van der Waals surface area contributed by atoms with Crippen LogP contribution >= 0.6 is 11.3 Å². The Hall–Kier alpha value is -3.58. The van der Waals surface area contributed by atoms with Gasteiger partial charge in [-0.3, -0.25) is 9.78 Å². The maximum Gasteiger partial charge on any atom is 0.341 e. The Morgan fingerprint density at radius 2 is 2.03 bits per heavy atom. The van der Waals surface area contributed by atoms with Crippen molar-refractivity contribution in [2.75, 3.05) is 12.4 Å². The number of pyridine rings is 2. The van der Waals surface area contributed by atoms with E-state index in [1.54, 1.807) is 18.5 Å². The number of hydrogen-bond donors (Lipinski definition) is 1. The highest BCUT2D eigenvalue weighted by atomic mass is 32.1. The summed E-state index contributed by atoms with van der Waals surface area (Å²) in [6.07, 6.45) is 6.17. The molecule has 1 aliphatic carbocycles. The molecule has 1 amide bonds. The SMILES string of the molecule is COC(=O)c1c(NC(=O)c2cc(-c3cccnc3)nc3ccccc23)sc2c1CC[C@H](C)C2. The number of carbonyl (C=O) groups excluding carboxylic acids is 2. The predicted molar refractivity (Wildman–Crippen MR) is 130 cm³/mol. The van der Waals surface area contributed by atoms with E-state index in [-0.39, 0.29) is 5.91 Å². The number of fused-ring (bicyclic) bond motifs is 2. The number of amides is 1. The predicted octanol–water partition coefficient (Wildman–Crippen LogP) is 5.52. The lowest BCUT2D eigenvalue weighted by Crippen LogP contribution is -2.16. The monoisotopic (exact) mass is 457 g/mol. The van der Waals surface area contributed by atoms with E-state index >= 15 is 0 Å². The Balaban J connectivity index is 1.59. The Bertz CT molecular complexity index is 1360. The number of esters is 1. The summed E-state index contributed by atoms with van der Waals surface area (Å²) in [6, 6.07) is 13.1. The molecule has 0 saturated carbocycles. The third-order valence-electron chi connectivity index (χ3n) is 6.05. The first kappa shape index (κ1) is 21.3. The average Bonchev–Trinajstić information content (AvgIpc) is 3.20. The largest absolute Gasteiger partial charge is 0.465 e. The van der Waals surface area contributed by atoms with Gasteiger partial charge in [0.1, 0.15) is 5.00 Å². The minimum absolute atomic E-state index is 0.282. The van der Waals surface area contributed by atoms with E-state index in [9.17, 15) is 9.59 Å². The third-order valence-corrected chi connectivity index (χ3v) is 7.22. The summed E-state index contributed by atoms with van der Waals surface area (Å²) >= 11 is 1.48. The van der Waals surface area contributed by atoms with Crippen molar-refractivity contribution in [1.29, 1.82) is 0 Å². The van der Waals surface area contributed by atoms with Gasteiger partial charge in [-0.25, -0.2) is 9.78 Å². The van der Waals surface area contributed by atoms with Gasteiger partial charge < -0.3 is 10.1 Å². The number of hydrogen-bond acceptors (Lipinski definition) is 6. The van der Waals surface area contributed by atoms with Crippen LogP contribution in [-0.2, 0) is 17.6 Å². The highest BCUT2D eigenvalue weighted by molar-refractivity contribution is 7.17. The van der Waals surface area contributed by atoms with E-state index in [1.807, 2.05) is 36.4 Å². The minimum Gasteiger partial charge on any atom is -0.465 e. The second-order valence-corrected chi connectivity index (χ2v) is 9.42. The lowest BCUT2D eigenvalue weighted by molar-refractivity contribution is 0.0601. The van der Waals surface area contributed by atoms with E-state index in [2.05, 4.69) is 17.2 Å². The molecular formula is C26H23N3O3S. The number of nitrogens with one attached hydrogen (secondary N) is 1. The zero-order valence-electron chi connectivity index (χ0n) is 18.4. The maximum atomic E-state index is 13.6. The fourth-order valence-electron chi connectivity index (χ4n) is 4.35. The normalized spacial score (nSPS) is 15.2. The molecule has 1 aliphatic rings. The first-order chi connectivity index (χ1) is 16.0. The van der Waals surface area contributed by atoms with Crippen LogP contribution < -0.4 is 5.32 Å². The summed E-state index contributed by atoms with van der Waals surface area (Å²) in [5.41, 5.74) is 4.21. The van der Waals surface area contributed by atoms with E-state index in [1.165, 1.54) is 18.4 Å².